The Morgan fingerprint density at radius 1 is 1.58 bits per heavy atom. The van der Waals surface area contributed by atoms with Crippen molar-refractivity contribution < 1.29 is 4.74 Å². The van der Waals surface area contributed by atoms with E-state index >= 15 is 0 Å². The molecule has 1 aromatic heterocycles. The van der Waals surface area contributed by atoms with Crippen LogP contribution in [0.15, 0.2) is 6.07 Å². The van der Waals surface area contributed by atoms with E-state index in [2.05, 4.69) is 23.2 Å². The van der Waals surface area contributed by atoms with E-state index in [9.17, 15) is 0 Å². The molecule has 0 saturated carbocycles. The maximum absolute atomic E-state index is 4.97. The Morgan fingerprint density at radius 3 is 3.08 bits per heavy atom. The van der Waals surface area contributed by atoms with E-state index in [1.54, 1.807) is 7.11 Å². The fourth-order valence-corrected chi connectivity index (χ4v) is 1.12. The molecular formula is C9H16N2O. The van der Waals surface area contributed by atoms with E-state index in [4.69, 9.17) is 4.74 Å². The van der Waals surface area contributed by atoms with Crippen molar-refractivity contribution in [3.63, 3.8) is 0 Å². The van der Waals surface area contributed by atoms with Gasteiger partial charge < -0.3 is 4.74 Å². The van der Waals surface area contributed by atoms with Crippen LogP contribution in [0.2, 0.25) is 0 Å². The molecule has 0 fully saturated rings. The second-order valence-electron chi connectivity index (χ2n) is 2.92. The van der Waals surface area contributed by atoms with Crippen LogP contribution in [0.3, 0.4) is 0 Å². The summed E-state index contributed by atoms with van der Waals surface area (Å²) in [6.07, 6.45) is 3.49. The second kappa shape index (κ2) is 4.93. The number of H-pyrrole nitrogens is 1. The lowest BCUT2D eigenvalue weighted by molar-refractivity contribution is 0.181. The van der Waals surface area contributed by atoms with Crippen LogP contribution in [-0.2, 0) is 17.8 Å². The summed E-state index contributed by atoms with van der Waals surface area (Å²) in [7, 11) is 1.69. The van der Waals surface area contributed by atoms with E-state index in [-0.39, 0.29) is 0 Å². The van der Waals surface area contributed by atoms with Crippen LogP contribution in [-0.4, -0.2) is 17.3 Å². The first-order valence-corrected chi connectivity index (χ1v) is 4.39. The zero-order valence-electron chi connectivity index (χ0n) is 7.76. The van der Waals surface area contributed by atoms with Gasteiger partial charge in [-0.1, -0.05) is 13.3 Å². The molecule has 1 N–H and O–H groups in total. The van der Waals surface area contributed by atoms with E-state index in [0.717, 1.165) is 17.8 Å². The monoisotopic (exact) mass is 168 g/mol. The number of hydrogen-bond acceptors (Lipinski definition) is 2. The van der Waals surface area contributed by atoms with Gasteiger partial charge in [0.05, 0.1) is 18.0 Å². The van der Waals surface area contributed by atoms with Gasteiger partial charge in [-0.25, -0.2) is 0 Å². The van der Waals surface area contributed by atoms with Crippen LogP contribution < -0.4 is 0 Å². The number of rotatable bonds is 5. The molecule has 0 aliphatic rings. The summed E-state index contributed by atoms with van der Waals surface area (Å²) >= 11 is 0. The van der Waals surface area contributed by atoms with Crippen LogP contribution in [0.25, 0.3) is 0 Å². The maximum atomic E-state index is 4.97. The molecule has 0 aromatic carbocycles. The largest absolute Gasteiger partial charge is 0.378 e. The minimum atomic E-state index is 0.624. The maximum Gasteiger partial charge on any atom is 0.0878 e. The molecule has 1 rings (SSSR count). The van der Waals surface area contributed by atoms with Gasteiger partial charge >= 0.3 is 0 Å². The third kappa shape index (κ3) is 2.66. The molecule has 0 amide bonds. The molecule has 0 bridgehead atoms. The first-order chi connectivity index (χ1) is 5.86. The first-order valence-electron chi connectivity index (χ1n) is 4.39. The lowest BCUT2D eigenvalue weighted by Gasteiger charge is -1.91. The fourth-order valence-electron chi connectivity index (χ4n) is 1.12. The molecule has 1 aromatic rings. The molecule has 12 heavy (non-hydrogen) atoms. The summed E-state index contributed by atoms with van der Waals surface area (Å²) in [5.74, 6) is 0. The molecule has 1 heterocycles. The Hall–Kier alpha value is -0.830. The number of aryl methyl sites for hydroxylation is 1. The van der Waals surface area contributed by atoms with E-state index in [1.807, 2.05) is 0 Å². The normalized spacial score (nSPS) is 10.5. The number of methoxy groups -OCH3 is 1. The molecule has 0 aliphatic carbocycles. The minimum absolute atomic E-state index is 0.624. The molecule has 3 nitrogen and oxygen atoms in total. The van der Waals surface area contributed by atoms with Crippen LogP contribution in [0, 0.1) is 0 Å². The lowest BCUT2D eigenvalue weighted by Crippen LogP contribution is -1.85. The molecule has 3 heteroatoms. The smallest absolute Gasteiger partial charge is 0.0878 e. The van der Waals surface area contributed by atoms with E-state index in [1.165, 1.54) is 12.8 Å². The molecule has 0 radical (unpaired) electrons. The highest BCUT2D eigenvalue weighted by Crippen LogP contribution is 2.04. The van der Waals surface area contributed by atoms with Gasteiger partial charge in [0.2, 0.25) is 0 Å². The van der Waals surface area contributed by atoms with Gasteiger partial charge in [0.1, 0.15) is 0 Å². The SMILES string of the molecule is CCCCc1cc(COC)[nH]n1. The highest BCUT2D eigenvalue weighted by molar-refractivity contribution is 5.07. The van der Waals surface area contributed by atoms with Gasteiger partial charge in [-0.2, -0.15) is 5.10 Å². The van der Waals surface area contributed by atoms with Gasteiger partial charge in [0, 0.05) is 7.11 Å². The predicted octanol–water partition coefficient (Wildman–Crippen LogP) is 1.90. The lowest BCUT2D eigenvalue weighted by atomic mass is 10.2. The van der Waals surface area contributed by atoms with Crippen LogP contribution in [0.5, 0.6) is 0 Å². The molecule has 0 atom stereocenters. The van der Waals surface area contributed by atoms with E-state index in [0.29, 0.717) is 6.61 Å². The highest BCUT2D eigenvalue weighted by atomic mass is 16.5. The minimum Gasteiger partial charge on any atom is -0.378 e. The zero-order valence-corrected chi connectivity index (χ0v) is 7.76. The number of hydrogen-bond donors (Lipinski definition) is 1. The summed E-state index contributed by atoms with van der Waals surface area (Å²) in [6.45, 7) is 2.81. The number of aromatic amines is 1. The molecule has 0 spiro atoms. The summed E-state index contributed by atoms with van der Waals surface area (Å²) in [5, 5.41) is 7.11. The number of nitrogens with zero attached hydrogens (tertiary/aromatic N) is 1. The standard InChI is InChI=1S/C9H16N2O/c1-3-4-5-8-6-9(7-12-2)11-10-8/h6H,3-5,7H2,1-2H3,(H,10,11). The Kier molecular flexibility index (Phi) is 3.80. The Labute approximate surface area is 73.1 Å². The van der Waals surface area contributed by atoms with Crippen molar-refractivity contribution >= 4 is 0 Å². The Bertz CT molecular complexity index is 220. The van der Waals surface area contributed by atoms with Gasteiger partial charge in [-0.3, -0.25) is 5.10 Å². The summed E-state index contributed by atoms with van der Waals surface area (Å²) in [5.41, 5.74) is 2.20. The molecule has 0 aliphatic heterocycles. The third-order valence-electron chi connectivity index (χ3n) is 1.77. The quantitative estimate of drug-likeness (QED) is 0.729. The second-order valence-corrected chi connectivity index (χ2v) is 2.92. The van der Waals surface area contributed by atoms with Crippen molar-refractivity contribution in [3.8, 4) is 0 Å². The Morgan fingerprint density at radius 2 is 2.42 bits per heavy atom. The molecule has 68 valence electrons. The van der Waals surface area contributed by atoms with Crippen molar-refractivity contribution in [3.05, 3.63) is 17.5 Å². The number of aromatic nitrogens is 2. The summed E-state index contributed by atoms with van der Waals surface area (Å²) in [4.78, 5) is 0. The number of unbranched alkanes of at least 4 members (excludes halogenated alkanes) is 1. The van der Waals surface area contributed by atoms with Gasteiger partial charge in [-0.15, -0.1) is 0 Å². The topological polar surface area (TPSA) is 37.9 Å². The number of ether oxygens (including phenoxy) is 1. The summed E-state index contributed by atoms with van der Waals surface area (Å²) in [6, 6.07) is 2.07. The van der Waals surface area contributed by atoms with Gasteiger partial charge in [-0.05, 0) is 18.9 Å². The summed E-state index contributed by atoms with van der Waals surface area (Å²) < 4.78 is 4.97. The van der Waals surface area contributed by atoms with Crippen LogP contribution >= 0.6 is 0 Å². The van der Waals surface area contributed by atoms with E-state index < -0.39 is 0 Å². The predicted molar refractivity (Wildman–Crippen MR) is 47.9 cm³/mol. The highest BCUT2D eigenvalue weighted by Gasteiger charge is 1.99. The average molecular weight is 168 g/mol. The first kappa shape index (κ1) is 9.26. The van der Waals surface area contributed by atoms with Crippen molar-refractivity contribution in [1.29, 1.82) is 0 Å². The Balaban J connectivity index is 2.41. The van der Waals surface area contributed by atoms with Crippen molar-refractivity contribution in [2.45, 2.75) is 32.8 Å². The van der Waals surface area contributed by atoms with Crippen molar-refractivity contribution in [1.82, 2.24) is 10.2 Å². The molecular weight excluding hydrogens is 152 g/mol. The number of nitrogens with one attached hydrogen (secondary N) is 1. The van der Waals surface area contributed by atoms with Gasteiger partial charge in [0.15, 0.2) is 0 Å². The zero-order chi connectivity index (χ0) is 8.81. The van der Waals surface area contributed by atoms with Gasteiger partial charge in [0.25, 0.3) is 0 Å². The fraction of sp³-hybridized carbons (Fsp3) is 0.667. The molecule has 0 saturated heterocycles. The molecule has 0 unspecified atom stereocenters. The van der Waals surface area contributed by atoms with Crippen LogP contribution in [0.1, 0.15) is 31.2 Å². The van der Waals surface area contributed by atoms with Crippen molar-refractivity contribution in [2.24, 2.45) is 0 Å². The third-order valence-corrected chi connectivity index (χ3v) is 1.77. The average Bonchev–Trinajstić information content (AvgIpc) is 2.50. The van der Waals surface area contributed by atoms with Crippen molar-refractivity contribution in [2.75, 3.05) is 7.11 Å². The van der Waals surface area contributed by atoms with Crippen LogP contribution in [0.4, 0.5) is 0 Å².